The van der Waals surface area contributed by atoms with Crippen molar-refractivity contribution < 1.29 is 32.2 Å². The fourth-order valence-electron chi connectivity index (χ4n) is 3.29. The van der Waals surface area contributed by atoms with Gasteiger partial charge >= 0.3 is 5.97 Å². The normalized spacial score (nSPS) is 19.0. The van der Waals surface area contributed by atoms with Crippen LogP contribution in [0, 0.1) is 19.7 Å². The van der Waals surface area contributed by atoms with Gasteiger partial charge in [-0.05, 0) is 55.3 Å². The number of anilines is 1. The lowest BCUT2D eigenvalue weighted by Crippen LogP contribution is -2.42. The number of benzene rings is 2. The minimum atomic E-state index is -4.09. The first-order valence-corrected chi connectivity index (χ1v) is 11.5. The zero-order chi connectivity index (χ0) is 23.6. The fourth-order valence-corrected chi connectivity index (χ4v) is 5.17. The van der Waals surface area contributed by atoms with Crippen molar-refractivity contribution in [2.24, 2.45) is 0 Å². The Labute approximate surface area is 190 Å². The number of β-amino-alcohol motifs (C(OH)–C–C–N with tert-alkyl or cyclic N) is 1. The van der Waals surface area contributed by atoms with Crippen molar-refractivity contribution >= 4 is 39.2 Å². The summed E-state index contributed by atoms with van der Waals surface area (Å²) in [5.41, 5.74) is 1.48. The highest BCUT2D eigenvalue weighted by atomic mass is 35.5. The second kappa shape index (κ2) is 9.53. The third-order valence-electron chi connectivity index (χ3n) is 5.14. The maximum absolute atomic E-state index is 13.7. The van der Waals surface area contributed by atoms with Crippen molar-refractivity contribution in [3.05, 3.63) is 58.4 Å². The third kappa shape index (κ3) is 5.26. The first-order chi connectivity index (χ1) is 15.0. The van der Waals surface area contributed by atoms with E-state index in [1.165, 1.54) is 24.3 Å². The van der Waals surface area contributed by atoms with Crippen LogP contribution in [-0.2, 0) is 24.3 Å². The largest absolute Gasteiger partial charge is 0.454 e. The van der Waals surface area contributed by atoms with Gasteiger partial charge in [0.05, 0.1) is 16.7 Å². The monoisotopic (exact) mass is 484 g/mol. The zero-order valence-corrected chi connectivity index (χ0v) is 18.9. The summed E-state index contributed by atoms with van der Waals surface area (Å²) >= 11 is 5.77. The van der Waals surface area contributed by atoms with Gasteiger partial charge in [-0.25, -0.2) is 12.8 Å². The number of hydrogen-bond donors (Lipinski definition) is 2. The van der Waals surface area contributed by atoms with Gasteiger partial charge in [0.2, 0.25) is 10.0 Å². The number of aliphatic hydroxyl groups excluding tert-OH is 1. The van der Waals surface area contributed by atoms with Gasteiger partial charge in [0, 0.05) is 18.0 Å². The van der Waals surface area contributed by atoms with Crippen LogP contribution >= 0.6 is 11.6 Å². The molecular weight excluding hydrogens is 463 g/mol. The number of nitrogens with one attached hydrogen (secondary N) is 1. The SMILES string of the molecule is Cc1ccc(S(=O)(=O)N2CC(O)C[C@H]2C(=O)OCC(=O)Nc2cc(Cl)ccc2F)cc1C. The molecule has 1 heterocycles. The molecule has 0 aromatic heterocycles. The summed E-state index contributed by atoms with van der Waals surface area (Å²) in [6, 6.07) is 6.85. The molecule has 172 valence electrons. The van der Waals surface area contributed by atoms with Crippen molar-refractivity contribution in [3.8, 4) is 0 Å². The summed E-state index contributed by atoms with van der Waals surface area (Å²) in [4.78, 5) is 24.6. The number of carbonyl (C=O) groups is 2. The van der Waals surface area contributed by atoms with E-state index in [2.05, 4.69) is 5.32 Å². The lowest BCUT2D eigenvalue weighted by molar-refractivity contribution is -0.150. The smallest absolute Gasteiger partial charge is 0.325 e. The molecule has 1 unspecified atom stereocenters. The van der Waals surface area contributed by atoms with E-state index >= 15 is 0 Å². The van der Waals surface area contributed by atoms with Crippen molar-refractivity contribution in [2.45, 2.75) is 37.3 Å². The van der Waals surface area contributed by atoms with E-state index in [0.717, 1.165) is 21.5 Å². The van der Waals surface area contributed by atoms with Gasteiger partial charge in [0.25, 0.3) is 5.91 Å². The third-order valence-corrected chi connectivity index (χ3v) is 7.24. The van der Waals surface area contributed by atoms with Gasteiger partial charge in [-0.2, -0.15) is 4.31 Å². The Bertz CT molecular complexity index is 1160. The number of carbonyl (C=O) groups excluding carboxylic acids is 2. The van der Waals surface area contributed by atoms with E-state index in [-0.39, 0.29) is 28.6 Å². The number of sulfonamides is 1. The first kappa shape index (κ1) is 24.1. The van der Waals surface area contributed by atoms with Crippen LogP contribution in [0.15, 0.2) is 41.3 Å². The van der Waals surface area contributed by atoms with Gasteiger partial charge in [-0.1, -0.05) is 17.7 Å². The molecule has 0 spiro atoms. The molecule has 0 bridgehead atoms. The van der Waals surface area contributed by atoms with Gasteiger partial charge in [-0.15, -0.1) is 0 Å². The summed E-state index contributed by atoms with van der Waals surface area (Å²) in [6.07, 6.45) is -1.24. The Kier molecular flexibility index (Phi) is 7.19. The van der Waals surface area contributed by atoms with Crippen LogP contribution in [0.5, 0.6) is 0 Å². The van der Waals surface area contributed by atoms with Crippen LogP contribution in [0.4, 0.5) is 10.1 Å². The molecule has 2 atom stereocenters. The molecule has 2 N–H and O–H groups in total. The fraction of sp³-hybridized carbons (Fsp3) is 0.333. The van der Waals surface area contributed by atoms with Crippen molar-refractivity contribution in [2.75, 3.05) is 18.5 Å². The molecule has 11 heteroatoms. The summed E-state index contributed by atoms with van der Waals surface area (Å²) < 4.78 is 45.7. The average molecular weight is 485 g/mol. The number of hydrogen-bond acceptors (Lipinski definition) is 6. The highest BCUT2D eigenvalue weighted by Crippen LogP contribution is 2.28. The molecule has 1 saturated heterocycles. The lowest BCUT2D eigenvalue weighted by Gasteiger charge is -2.22. The van der Waals surface area contributed by atoms with Gasteiger partial charge < -0.3 is 15.2 Å². The summed E-state index contributed by atoms with van der Waals surface area (Å²) in [6.45, 7) is 2.55. The number of ether oxygens (including phenoxy) is 1. The van der Waals surface area contributed by atoms with E-state index in [1.54, 1.807) is 13.0 Å². The van der Waals surface area contributed by atoms with Crippen molar-refractivity contribution in [1.82, 2.24) is 4.31 Å². The minimum Gasteiger partial charge on any atom is -0.454 e. The summed E-state index contributed by atoms with van der Waals surface area (Å²) in [5, 5.41) is 12.4. The van der Waals surface area contributed by atoms with E-state index in [4.69, 9.17) is 16.3 Å². The highest BCUT2D eigenvalue weighted by molar-refractivity contribution is 7.89. The van der Waals surface area contributed by atoms with E-state index in [1.807, 2.05) is 6.92 Å². The Hall–Kier alpha value is -2.53. The number of halogens is 2. The molecule has 32 heavy (non-hydrogen) atoms. The lowest BCUT2D eigenvalue weighted by atomic mass is 10.1. The number of amides is 1. The summed E-state index contributed by atoms with van der Waals surface area (Å²) in [5.74, 6) is -2.55. The molecule has 1 amide bonds. The standard InChI is InChI=1S/C21H22ClFN2O6S/c1-12-3-5-16(7-13(12)2)32(29,30)25-10-15(26)9-19(25)21(28)31-11-20(27)24-18-8-14(22)4-6-17(18)23/h3-8,15,19,26H,9-11H2,1-2H3,(H,24,27)/t15?,19-/m0/s1. The Balaban J connectivity index is 1.70. The van der Waals surface area contributed by atoms with Gasteiger partial charge in [-0.3, -0.25) is 9.59 Å². The number of nitrogens with zero attached hydrogens (tertiary/aromatic N) is 1. The van der Waals surface area contributed by atoms with Crippen molar-refractivity contribution in [1.29, 1.82) is 0 Å². The van der Waals surface area contributed by atoms with Crippen LogP contribution in [-0.4, -0.2) is 55.0 Å². The van der Waals surface area contributed by atoms with E-state index < -0.39 is 46.5 Å². The molecule has 1 fully saturated rings. The molecule has 8 nitrogen and oxygen atoms in total. The quantitative estimate of drug-likeness (QED) is 0.609. The molecule has 0 saturated carbocycles. The molecule has 1 aliphatic rings. The average Bonchev–Trinajstić information content (AvgIpc) is 3.13. The van der Waals surface area contributed by atoms with E-state index in [9.17, 15) is 27.5 Å². The first-order valence-electron chi connectivity index (χ1n) is 9.67. The van der Waals surface area contributed by atoms with Crippen molar-refractivity contribution in [3.63, 3.8) is 0 Å². The molecule has 3 rings (SSSR count). The van der Waals surface area contributed by atoms with Crippen LogP contribution in [0.1, 0.15) is 17.5 Å². The molecule has 0 aliphatic carbocycles. The van der Waals surface area contributed by atoms with Crippen LogP contribution in [0.2, 0.25) is 5.02 Å². The maximum Gasteiger partial charge on any atom is 0.325 e. The zero-order valence-electron chi connectivity index (χ0n) is 17.3. The summed E-state index contributed by atoms with van der Waals surface area (Å²) in [7, 11) is -4.09. The molecule has 2 aromatic carbocycles. The van der Waals surface area contributed by atoms with Gasteiger partial charge in [0.1, 0.15) is 11.9 Å². The van der Waals surface area contributed by atoms with Crippen LogP contribution in [0.25, 0.3) is 0 Å². The number of aryl methyl sites for hydroxylation is 2. The number of esters is 1. The molecule has 2 aromatic rings. The van der Waals surface area contributed by atoms with E-state index in [0.29, 0.717) is 0 Å². The number of rotatable bonds is 6. The van der Waals surface area contributed by atoms with Crippen LogP contribution in [0.3, 0.4) is 0 Å². The Morgan fingerprint density at radius 3 is 2.62 bits per heavy atom. The second-order valence-corrected chi connectivity index (χ2v) is 9.83. The molecule has 0 radical (unpaired) electrons. The second-order valence-electron chi connectivity index (χ2n) is 7.51. The maximum atomic E-state index is 13.7. The minimum absolute atomic E-state index is 0.0123. The Morgan fingerprint density at radius 1 is 1.22 bits per heavy atom. The van der Waals surface area contributed by atoms with Gasteiger partial charge in [0.15, 0.2) is 6.61 Å². The molecular formula is C21H22ClFN2O6S. The topological polar surface area (TPSA) is 113 Å². The predicted molar refractivity (Wildman–Crippen MR) is 115 cm³/mol. The predicted octanol–water partition coefficient (Wildman–Crippen LogP) is 2.40. The Morgan fingerprint density at radius 2 is 1.94 bits per heavy atom. The number of aliphatic hydroxyl groups is 1. The van der Waals surface area contributed by atoms with Crippen LogP contribution < -0.4 is 5.32 Å². The molecule has 1 aliphatic heterocycles. The highest BCUT2D eigenvalue weighted by Gasteiger charge is 2.44.